The van der Waals surface area contributed by atoms with Crippen LogP contribution < -0.4 is 10.6 Å². The van der Waals surface area contributed by atoms with Gasteiger partial charge in [0.15, 0.2) is 0 Å². The van der Waals surface area contributed by atoms with Gasteiger partial charge in [-0.05, 0) is 46.1 Å². The summed E-state index contributed by atoms with van der Waals surface area (Å²) in [4.78, 5) is 12.2. The van der Waals surface area contributed by atoms with E-state index in [0.717, 1.165) is 32.2 Å². The Labute approximate surface area is 93.0 Å². The molecule has 15 heavy (non-hydrogen) atoms. The quantitative estimate of drug-likeness (QED) is 0.746. The van der Waals surface area contributed by atoms with Crippen molar-refractivity contribution in [3.63, 3.8) is 0 Å². The second-order valence-corrected chi connectivity index (χ2v) is 5.16. The molecule has 0 bridgehead atoms. The maximum atomic E-state index is 12.2. The summed E-state index contributed by atoms with van der Waals surface area (Å²) in [6, 6.07) is 0. The molecule has 1 saturated heterocycles. The standard InChI is InChI=1S/C12H24N2O/c1-5-11(3,4)14-10(15)12(6-2)8-7-9-13-12/h13H,5-9H2,1-4H3,(H,14,15). The highest BCUT2D eigenvalue weighted by molar-refractivity contribution is 5.87. The molecule has 88 valence electrons. The first kappa shape index (κ1) is 12.5. The van der Waals surface area contributed by atoms with Crippen LogP contribution in [0.5, 0.6) is 0 Å². The van der Waals surface area contributed by atoms with Crippen molar-refractivity contribution in [2.45, 2.75) is 64.5 Å². The molecule has 0 radical (unpaired) electrons. The lowest BCUT2D eigenvalue weighted by atomic mass is 9.91. The van der Waals surface area contributed by atoms with E-state index in [4.69, 9.17) is 0 Å². The fraction of sp³-hybridized carbons (Fsp3) is 0.917. The summed E-state index contributed by atoms with van der Waals surface area (Å²) in [5.41, 5.74) is -0.393. The predicted molar refractivity (Wildman–Crippen MR) is 62.8 cm³/mol. The maximum Gasteiger partial charge on any atom is 0.240 e. The second-order valence-electron chi connectivity index (χ2n) is 5.16. The van der Waals surface area contributed by atoms with Gasteiger partial charge >= 0.3 is 0 Å². The molecule has 1 aliphatic heterocycles. The van der Waals surface area contributed by atoms with Crippen molar-refractivity contribution >= 4 is 5.91 Å². The molecule has 2 N–H and O–H groups in total. The highest BCUT2D eigenvalue weighted by Gasteiger charge is 2.40. The summed E-state index contributed by atoms with van der Waals surface area (Å²) in [6.07, 6.45) is 3.90. The smallest absolute Gasteiger partial charge is 0.240 e. The average Bonchev–Trinajstić information content (AvgIpc) is 2.66. The summed E-state index contributed by atoms with van der Waals surface area (Å²) < 4.78 is 0. The number of amides is 1. The Morgan fingerprint density at radius 1 is 1.47 bits per heavy atom. The van der Waals surface area contributed by atoms with Crippen molar-refractivity contribution in [3.8, 4) is 0 Å². The Morgan fingerprint density at radius 3 is 2.53 bits per heavy atom. The summed E-state index contributed by atoms with van der Waals surface area (Å²) in [6.45, 7) is 9.29. The molecule has 3 heteroatoms. The molecule has 1 heterocycles. The minimum atomic E-state index is -0.299. The summed E-state index contributed by atoms with van der Waals surface area (Å²) in [5.74, 6) is 0.175. The molecule has 0 aromatic rings. The number of carbonyl (C=O) groups is 1. The molecule has 0 aliphatic carbocycles. The Kier molecular flexibility index (Phi) is 3.77. The first-order valence-corrected chi connectivity index (χ1v) is 6.03. The van der Waals surface area contributed by atoms with Gasteiger partial charge in [-0.2, -0.15) is 0 Å². The van der Waals surface area contributed by atoms with E-state index in [1.807, 2.05) is 0 Å². The number of hydrogen-bond donors (Lipinski definition) is 2. The number of nitrogens with one attached hydrogen (secondary N) is 2. The largest absolute Gasteiger partial charge is 0.350 e. The molecule has 1 rings (SSSR count). The molecule has 1 aliphatic rings. The highest BCUT2D eigenvalue weighted by atomic mass is 16.2. The molecule has 0 aromatic carbocycles. The molecule has 1 unspecified atom stereocenters. The predicted octanol–water partition coefficient (Wildman–Crippen LogP) is 1.82. The van der Waals surface area contributed by atoms with Crippen molar-refractivity contribution < 1.29 is 4.79 Å². The van der Waals surface area contributed by atoms with Crippen LogP contribution in [0.1, 0.15) is 53.4 Å². The molecule has 0 spiro atoms. The van der Waals surface area contributed by atoms with Gasteiger partial charge in [-0.1, -0.05) is 13.8 Å². The lowest BCUT2D eigenvalue weighted by Crippen LogP contribution is -2.58. The summed E-state index contributed by atoms with van der Waals surface area (Å²) >= 11 is 0. The van der Waals surface area contributed by atoms with Crippen LogP contribution in [-0.2, 0) is 4.79 Å². The van der Waals surface area contributed by atoms with E-state index < -0.39 is 0 Å². The van der Waals surface area contributed by atoms with E-state index in [1.165, 1.54) is 0 Å². The van der Waals surface area contributed by atoms with Crippen LogP contribution in [-0.4, -0.2) is 23.5 Å². The van der Waals surface area contributed by atoms with E-state index >= 15 is 0 Å². The third-order valence-corrected chi connectivity index (χ3v) is 3.62. The third-order valence-electron chi connectivity index (χ3n) is 3.62. The molecule has 0 aromatic heterocycles. The fourth-order valence-electron chi connectivity index (χ4n) is 1.98. The molecule has 1 atom stereocenters. The molecule has 3 nitrogen and oxygen atoms in total. The zero-order valence-corrected chi connectivity index (χ0v) is 10.4. The van der Waals surface area contributed by atoms with Crippen LogP contribution in [0.25, 0.3) is 0 Å². The van der Waals surface area contributed by atoms with Crippen LogP contribution in [0.2, 0.25) is 0 Å². The van der Waals surface area contributed by atoms with Crippen LogP contribution >= 0.6 is 0 Å². The zero-order chi connectivity index (χ0) is 11.5. The van der Waals surface area contributed by atoms with Gasteiger partial charge in [-0.25, -0.2) is 0 Å². The van der Waals surface area contributed by atoms with Gasteiger partial charge in [0.25, 0.3) is 0 Å². The lowest BCUT2D eigenvalue weighted by Gasteiger charge is -2.33. The third kappa shape index (κ3) is 2.71. The Balaban J connectivity index is 2.66. The summed E-state index contributed by atoms with van der Waals surface area (Å²) in [5, 5.41) is 6.49. The number of rotatable bonds is 4. The Bertz CT molecular complexity index is 230. The van der Waals surface area contributed by atoms with Crippen LogP contribution in [0.3, 0.4) is 0 Å². The van der Waals surface area contributed by atoms with Crippen molar-refractivity contribution in [2.24, 2.45) is 0 Å². The molecule has 1 fully saturated rings. The minimum Gasteiger partial charge on any atom is -0.350 e. The van der Waals surface area contributed by atoms with E-state index in [-0.39, 0.29) is 17.0 Å². The Hall–Kier alpha value is -0.570. The van der Waals surface area contributed by atoms with E-state index in [1.54, 1.807) is 0 Å². The van der Waals surface area contributed by atoms with Gasteiger partial charge < -0.3 is 10.6 Å². The average molecular weight is 212 g/mol. The van der Waals surface area contributed by atoms with Crippen molar-refractivity contribution in [1.29, 1.82) is 0 Å². The normalized spacial score (nSPS) is 26.7. The fourth-order valence-corrected chi connectivity index (χ4v) is 1.98. The van der Waals surface area contributed by atoms with Gasteiger partial charge in [-0.15, -0.1) is 0 Å². The molecular weight excluding hydrogens is 188 g/mol. The van der Waals surface area contributed by atoms with Crippen molar-refractivity contribution in [1.82, 2.24) is 10.6 Å². The van der Waals surface area contributed by atoms with Crippen molar-refractivity contribution in [2.75, 3.05) is 6.54 Å². The van der Waals surface area contributed by atoms with Crippen LogP contribution in [0.4, 0.5) is 0 Å². The molecule has 1 amide bonds. The van der Waals surface area contributed by atoms with Crippen molar-refractivity contribution in [3.05, 3.63) is 0 Å². The van der Waals surface area contributed by atoms with Gasteiger partial charge in [0.2, 0.25) is 5.91 Å². The first-order valence-electron chi connectivity index (χ1n) is 6.03. The van der Waals surface area contributed by atoms with E-state index in [2.05, 4.69) is 38.3 Å². The van der Waals surface area contributed by atoms with Gasteiger partial charge in [0.05, 0.1) is 5.54 Å². The van der Waals surface area contributed by atoms with Gasteiger partial charge in [0, 0.05) is 5.54 Å². The zero-order valence-electron chi connectivity index (χ0n) is 10.4. The monoisotopic (exact) mass is 212 g/mol. The highest BCUT2D eigenvalue weighted by Crippen LogP contribution is 2.24. The Morgan fingerprint density at radius 2 is 2.13 bits per heavy atom. The van der Waals surface area contributed by atoms with E-state index in [9.17, 15) is 4.79 Å². The molecule has 0 saturated carbocycles. The first-order chi connectivity index (χ1) is 6.96. The lowest BCUT2D eigenvalue weighted by molar-refractivity contribution is -0.129. The van der Waals surface area contributed by atoms with Gasteiger partial charge in [0.1, 0.15) is 0 Å². The van der Waals surface area contributed by atoms with Crippen LogP contribution in [0.15, 0.2) is 0 Å². The maximum absolute atomic E-state index is 12.2. The van der Waals surface area contributed by atoms with E-state index in [0.29, 0.717) is 0 Å². The number of carbonyl (C=O) groups excluding carboxylic acids is 1. The van der Waals surface area contributed by atoms with Gasteiger partial charge in [-0.3, -0.25) is 4.79 Å². The molecular formula is C12H24N2O. The minimum absolute atomic E-state index is 0.0937. The summed E-state index contributed by atoms with van der Waals surface area (Å²) in [7, 11) is 0. The number of hydrogen-bond acceptors (Lipinski definition) is 2. The topological polar surface area (TPSA) is 41.1 Å². The SMILES string of the molecule is CCC(C)(C)NC(=O)C1(CC)CCCN1. The van der Waals surface area contributed by atoms with Crippen LogP contribution in [0, 0.1) is 0 Å². The second kappa shape index (κ2) is 4.52.